The van der Waals surface area contributed by atoms with Gasteiger partial charge in [0.25, 0.3) is 0 Å². The second kappa shape index (κ2) is 12.9. The summed E-state index contributed by atoms with van der Waals surface area (Å²) < 4.78 is 94.1. The van der Waals surface area contributed by atoms with Crippen LogP contribution in [0.4, 0.5) is 26.3 Å². The summed E-state index contributed by atoms with van der Waals surface area (Å²) in [6, 6.07) is 12.1. The third kappa shape index (κ3) is 6.89. The van der Waals surface area contributed by atoms with Crippen molar-refractivity contribution in [2.24, 2.45) is 4.99 Å². The Morgan fingerprint density at radius 3 is 2.33 bits per heavy atom. The SMILES string of the molecule is C/C=C(/C(F)=C\C(=C/C)c1ccc(C2N=CC(C)=CN2)cc1F)C(F)(F)Oc1ccc(-c2ccc(C#N)c(F)c2)c(F)c1. The Morgan fingerprint density at radius 1 is 0.977 bits per heavy atom. The smallest absolute Gasteiger partial charge is 0.429 e. The van der Waals surface area contributed by atoms with E-state index in [1.807, 2.05) is 6.92 Å². The minimum absolute atomic E-state index is 0.00223. The number of ether oxygens (including phenoxy) is 1. The van der Waals surface area contributed by atoms with Gasteiger partial charge in [-0.3, -0.25) is 4.99 Å². The van der Waals surface area contributed by atoms with Gasteiger partial charge in [0.05, 0.1) is 11.1 Å². The molecule has 3 aromatic rings. The average molecular weight is 594 g/mol. The van der Waals surface area contributed by atoms with E-state index in [2.05, 4.69) is 15.0 Å². The van der Waals surface area contributed by atoms with Crippen molar-refractivity contribution in [1.29, 1.82) is 5.26 Å². The third-order valence-electron chi connectivity index (χ3n) is 6.56. The van der Waals surface area contributed by atoms with Crippen LogP contribution in [0.5, 0.6) is 5.75 Å². The summed E-state index contributed by atoms with van der Waals surface area (Å²) in [5, 5.41) is 11.9. The predicted octanol–water partition coefficient (Wildman–Crippen LogP) is 9.09. The minimum atomic E-state index is -4.25. The van der Waals surface area contributed by atoms with Gasteiger partial charge in [-0.05, 0) is 79.5 Å². The molecule has 1 heterocycles. The van der Waals surface area contributed by atoms with Crippen LogP contribution < -0.4 is 10.1 Å². The molecule has 0 aromatic heterocycles. The van der Waals surface area contributed by atoms with Crippen LogP contribution in [0.2, 0.25) is 0 Å². The van der Waals surface area contributed by atoms with Gasteiger partial charge in [0.1, 0.15) is 41.3 Å². The number of alkyl halides is 2. The molecule has 1 aliphatic rings. The molecule has 43 heavy (non-hydrogen) atoms. The molecule has 4 nitrogen and oxygen atoms in total. The second-order valence-corrected chi connectivity index (χ2v) is 9.48. The first-order chi connectivity index (χ1) is 20.5. The first kappa shape index (κ1) is 30.9. The Kier molecular flexibility index (Phi) is 9.24. The zero-order chi connectivity index (χ0) is 31.3. The molecule has 1 N–H and O–H groups in total. The van der Waals surface area contributed by atoms with Gasteiger partial charge >= 0.3 is 6.11 Å². The fourth-order valence-electron chi connectivity index (χ4n) is 4.35. The first-order valence-electron chi connectivity index (χ1n) is 13.0. The molecule has 0 aliphatic carbocycles. The van der Waals surface area contributed by atoms with Crippen molar-refractivity contribution in [2.75, 3.05) is 0 Å². The van der Waals surface area contributed by atoms with Crippen molar-refractivity contribution in [2.45, 2.75) is 33.0 Å². The first-order valence-corrected chi connectivity index (χ1v) is 13.0. The fourth-order valence-corrected chi connectivity index (χ4v) is 4.35. The number of hydrogen-bond donors (Lipinski definition) is 1. The van der Waals surface area contributed by atoms with Gasteiger partial charge in [-0.25, -0.2) is 17.6 Å². The van der Waals surface area contributed by atoms with Crippen LogP contribution in [0.3, 0.4) is 0 Å². The second-order valence-electron chi connectivity index (χ2n) is 9.48. The van der Waals surface area contributed by atoms with Gasteiger partial charge in [-0.2, -0.15) is 14.0 Å². The molecular formula is C33H25F6N3O. The topological polar surface area (TPSA) is 57.4 Å². The van der Waals surface area contributed by atoms with Crippen molar-refractivity contribution in [1.82, 2.24) is 5.32 Å². The van der Waals surface area contributed by atoms with Gasteiger partial charge < -0.3 is 10.1 Å². The lowest BCUT2D eigenvalue weighted by Crippen LogP contribution is -2.28. The Hall–Kier alpha value is -5.04. The molecule has 10 heteroatoms. The number of allylic oxidation sites excluding steroid dienone is 5. The highest BCUT2D eigenvalue weighted by Gasteiger charge is 2.39. The molecule has 0 bridgehead atoms. The summed E-state index contributed by atoms with van der Waals surface area (Å²) in [4.78, 5) is 4.28. The average Bonchev–Trinajstić information content (AvgIpc) is 2.96. The minimum Gasteiger partial charge on any atom is -0.429 e. The maximum atomic E-state index is 15.3. The number of nitriles is 1. The van der Waals surface area contributed by atoms with Crippen LogP contribution in [0.1, 0.15) is 43.6 Å². The number of rotatable bonds is 8. The molecule has 220 valence electrons. The Morgan fingerprint density at radius 2 is 1.74 bits per heavy atom. The van der Waals surface area contributed by atoms with E-state index in [9.17, 15) is 8.78 Å². The van der Waals surface area contributed by atoms with Gasteiger partial charge in [-0.1, -0.05) is 30.4 Å². The van der Waals surface area contributed by atoms with E-state index in [1.165, 1.54) is 38.1 Å². The lowest BCUT2D eigenvalue weighted by Gasteiger charge is -2.21. The highest BCUT2D eigenvalue weighted by molar-refractivity contribution is 5.79. The standard InChI is InChI=1S/C33H25F6N3O/c1-4-20(25-10-8-22(14-29(25)35)32-41-17-19(3)18-42-32)12-31(37)27(5-2)33(38,39)43-24-9-11-26(30(36)15-24)21-6-7-23(16-40)28(34)13-21/h4-15,17-18,32,41H,1-3H3/b20-4+,27-5-,31-12+. The van der Waals surface area contributed by atoms with Crippen molar-refractivity contribution in [3.63, 3.8) is 0 Å². The van der Waals surface area contributed by atoms with Crippen LogP contribution in [-0.4, -0.2) is 12.3 Å². The maximum Gasteiger partial charge on any atom is 0.429 e. The van der Waals surface area contributed by atoms with Gasteiger partial charge in [0.15, 0.2) is 0 Å². The van der Waals surface area contributed by atoms with Gasteiger partial charge in [0.2, 0.25) is 0 Å². The lowest BCUT2D eigenvalue weighted by molar-refractivity contribution is -0.141. The zero-order valence-electron chi connectivity index (χ0n) is 23.2. The predicted molar refractivity (Wildman–Crippen MR) is 153 cm³/mol. The molecule has 1 atom stereocenters. The Labute approximate surface area is 244 Å². The number of aliphatic imine (C=N–C) groups is 1. The lowest BCUT2D eigenvalue weighted by atomic mass is 10.00. The van der Waals surface area contributed by atoms with Crippen molar-refractivity contribution < 1.29 is 31.1 Å². The molecule has 3 aromatic carbocycles. The number of halogens is 6. The molecule has 0 fully saturated rings. The maximum absolute atomic E-state index is 15.3. The summed E-state index contributed by atoms with van der Waals surface area (Å²) in [6.07, 6.45) is 1.54. The van der Waals surface area contributed by atoms with Crippen LogP contribution in [0.25, 0.3) is 16.7 Å². The molecule has 0 saturated carbocycles. The summed E-state index contributed by atoms with van der Waals surface area (Å²) in [5.74, 6) is -4.60. The highest BCUT2D eigenvalue weighted by Crippen LogP contribution is 2.37. The van der Waals surface area contributed by atoms with Crippen LogP contribution >= 0.6 is 0 Å². The fraction of sp³-hybridized carbons (Fsp3) is 0.152. The largest absolute Gasteiger partial charge is 0.429 e. The van der Waals surface area contributed by atoms with E-state index in [0.717, 1.165) is 42.0 Å². The Bertz CT molecular complexity index is 1750. The van der Waals surface area contributed by atoms with E-state index in [1.54, 1.807) is 24.6 Å². The molecule has 4 rings (SSSR count). The summed E-state index contributed by atoms with van der Waals surface area (Å²) in [6.45, 7) is 4.52. The van der Waals surface area contributed by atoms with Crippen LogP contribution in [0, 0.1) is 28.8 Å². The molecule has 0 amide bonds. The number of benzene rings is 3. The molecule has 1 aliphatic heterocycles. The van der Waals surface area contributed by atoms with Crippen molar-refractivity contribution in [3.8, 4) is 22.9 Å². The number of nitrogens with one attached hydrogen (secondary N) is 1. The van der Waals surface area contributed by atoms with E-state index < -0.39 is 46.9 Å². The van der Waals surface area contributed by atoms with Crippen LogP contribution in [-0.2, 0) is 0 Å². The third-order valence-corrected chi connectivity index (χ3v) is 6.56. The molecule has 1 unspecified atom stereocenters. The molecule has 0 saturated heterocycles. The quantitative estimate of drug-likeness (QED) is 0.209. The van der Waals surface area contributed by atoms with Crippen molar-refractivity contribution >= 4 is 11.8 Å². The number of nitrogens with zero attached hydrogens (tertiary/aromatic N) is 2. The van der Waals surface area contributed by atoms with Gasteiger partial charge in [-0.15, -0.1) is 0 Å². The van der Waals surface area contributed by atoms with E-state index in [4.69, 9.17) is 5.26 Å². The summed E-state index contributed by atoms with van der Waals surface area (Å²) >= 11 is 0. The van der Waals surface area contributed by atoms with E-state index >= 15 is 17.6 Å². The zero-order valence-corrected chi connectivity index (χ0v) is 23.2. The Balaban J connectivity index is 1.55. The normalized spacial score (nSPS) is 16.0. The number of hydrogen-bond acceptors (Lipinski definition) is 4. The molecule has 0 radical (unpaired) electrons. The van der Waals surface area contributed by atoms with Gasteiger partial charge in [0, 0.05) is 29.6 Å². The molecule has 0 spiro atoms. The monoisotopic (exact) mass is 593 g/mol. The van der Waals surface area contributed by atoms with E-state index in [0.29, 0.717) is 11.6 Å². The van der Waals surface area contributed by atoms with Crippen LogP contribution in [0.15, 0.2) is 101 Å². The summed E-state index contributed by atoms with van der Waals surface area (Å²) in [7, 11) is 0. The highest BCUT2D eigenvalue weighted by atomic mass is 19.3. The van der Waals surface area contributed by atoms with E-state index in [-0.39, 0.29) is 27.8 Å². The molecular weight excluding hydrogens is 568 g/mol. The summed E-state index contributed by atoms with van der Waals surface area (Å²) in [5.41, 5.74) is -0.0697. The van der Waals surface area contributed by atoms with Crippen molar-refractivity contribution in [3.05, 3.63) is 130 Å².